The fourth-order valence-electron chi connectivity index (χ4n) is 3.11. The molecule has 1 aliphatic carbocycles. The summed E-state index contributed by atoms with van der Waals surface area (Å²) in [6, 6.07) is 10.7. The molecule has 2 amide bonds. The topological polar surface area (TPSA) is 58.6 Å². The Labute approximate surface area is 143 Å². The van der Waals surface area contributed by atoms with Crippen LogP contribution in [-0.4, -0.2) is 49.1 Å². The molecule has 1 aromatic carbocycles. The second kappa shape index (κ2) is 8.29. The van der Waals surface area contributed by atoms with Gasteiger partial charge in [0.1, 0.15) is 0 Å². The maximum Gasteiger partial charge on any atom is 0.225 e. The van der Waals surface area contributed by atoms with Gasteiger partial charge in [0.25, 0.3) is 0 Å². The van der Waals surface area contributed by atoms with Crippen LogP contribution in [0.15, 0.2) is 30.3 Å². The third-order valence-corrected chi connectivity index (χ3v) is 4.66. The first-order chi connectivity index (χ1) is 11.7. The molecule has 3 rings (SSSR count). The maximum absolute atomic E-state index is 12.1. The largest absolute Gasteiger partial charge is 0.381 e. The summed E-state index contributed by atoms with van der Waals surface area (Å²) in [6.45, 7) is 2.55. The SMILES string of the molecule is O=C(NCCCOCCc1ccccc1)[C@H]1CC(=O)N(C2CC2)C1. The van der Waals surface area contributed by atoms with Crippen molar-refractivity contribution in [2.75, 3.05) is 26.3 Å². The third kappa shape index (κ3) is 4.81. The number of ether oxygens (including phenoxy) is 1. The molecule has 0 spiro atoms. The minimum atomic E-state index is -0.169. The minimum Gasteiger partial charge on any atom is -0.381 e. The lowest BCUT2D eigenvalue weighted by Crippen LogP contribution is -2.34. The summed E-state index contributed by atoms with van der Waals surface area (Å²) >= 11 is 0. The van der Waals surface area contributed by atoms with E-state index in [2.05, 4.69) is 17.4 Å². The summed E-state index contributed by atoms with van der Waals surface area (Å²) in [4.78, 5) is 25.9. The van der Waals surface area contributed by atoms with Crippen LogP contribution in [0, 0.1) is 5.92 Å². The standard InChI is InChI=1S/C19H26N2O3/c22-18-13-16(14-21(18)17-7-8-17)19(23)20-10-4-11-24-12-9-15-5-2-1-3-6-15/h1-3,5-6,16-17H,4,7-14H2,(H,20,23)/t16-/m0/s1. The smallest absolute Gasteiger partial charge is 0.225 e. The minimum absolute atomic E-state index is 0.00999. The predicted molar refractivity (Wildman–Crippen MR) is 91.4 cm³/mol. The summed E-state index contributed by atoms with van der Waals surface area (Å²) in [5.74, 6) is -0.0187. The first-order valence-electron chi connectivity index (χ1n) is 8.93. The number of hydrogen-bond donors (Lipinski definition) is 1. The highest BCUT2D eigenvalue weighted by atomic mass is 16.5. The molecule has 0 bridgehead atoms. The van der Waals surface area contributed by atoms with Crippen LogP contribution in [0.3, 0.4) is 0 Å². The van der Waals surface area contributed by atoms with E-state index in [0.29, 0.717) is 38.8 Å². The van der Waals surface area contributed by atoms with Gasteiger partial charge < -0.3 is 15.0 Å². The molecule has 2 fully saturated rings. The average Bonchev–Trinajstić information content (AvgIpc) is 3.36. The Morgan fingerprint density at radius 1 is 1.21 bits per heavy atom. The van der Waals surface area contributed by atoms with Crippen molar-refractivity contribution < 1.29 is 14.3 Å². The van der Waals surface area contributed by atoms with Gasteiger partial charge in [0.05, 0.1) is 12.5 Å². The van der Waals surface area contributed by atoms with Crippen molar-refractivity contribution in [2.45, 2.75) is 38.1 Å². The number of carbonyl (C=O) groups is 2. The van der Waals surface area contributed by atoms with E-state index in [0.717, 1.165) is 25.7 Å². The molecular formula is C19H26N2O3. The van der Waals surface area contributed by atoms with Crippen molar-refractivity contribution in [3.8, 4) is 0 Å². The molecule has 5 nitrogen and oxygen atoms in total. The fraction of sp³-hybridized carbons (Fsp3) is 0.579. The molecule has 1 N–H and O–H groups in total. The Hall–Kier alpha value is -1.88. The Morgan fingerprint density at radius 3 is 2.75 bits per heavy atom. The maximum atomic E-state index is 12.1. The molecule has 5 heteroatoms. The number of rotatable bonds is 9. The van der Waals surface area contributed by atoms with Gasteiger partial charge in [-0.1, -0.05) is 30.3 Å². The zero-order valence-electron chi connectivity index (χ0n) is 14.1. The highest BCUT2D eigenvalue weighted by molar-refractivity contribution is 5.89. The number of likely N-dealkylation sites (tertiary alicyclic amines) is 1. The van der Waals surface area contributed by atoms with Gasteiger partial charge in [0.2, 0.25) is 11.8 Å². The van der Waals surface area contributed by atoms with Gasteiger partial charge in [0, 0.05) is 32.2 Å². The number of nitrogens with one attached hydrogen (secondary N) is 1. The molecule has 0 radical (unpaired) electrons. The Bertz CT molecular complexity index is 557. The zero-order chi connectivity index (χ0) is 16.8. The van der Waals surface area contributed by atoms with Crippen molar-refractivity contribution >= 4 is 11.8 Å². The molecule has 0 unspecified atom stereocenters. The van der Waals surface area contributed by atoms with Crippen molar-refractivity contribution in [3.63, 3.8) is 0 Å². The highest BCUT2D eigenvalue weighted by Gasteiger charge is 2.41. The molecule has 1 atom stereocenters. The van der Waals surface area contributed by atoms with Crippen molar-refractivity contribution in [3.05, 3.63) is 35.9 Å². The van der Waals surface area contributed by atoms with Gasteiger partial charge in [-0.2, -0.15) is 0 Å². The molecule has 1 aromatic rings. The van der Waals surface area contributed by atoms with Crippen LogP contribution in [0.4, 0.5) is 0 Å². The van der Waals surface area contributed by atoms with Crippen LogP contribution < -0.4 is 5.32 Å². The van der Waals surface area contributed by atoms with Gasteiger partial charge in [-0.25, -0.2) is 0 Å². The van der Waals surface area contributed by atoms with Crippen molar-refractivity contribution in [1.82, 2.24) is 10.2 Å². The molecule has 130 valence electrons. The van der Waals surface area contributed by atoms with Gasteiger partial charge in [-0.05, 0) is 31.2 Å². The summed E-state index contributed by atoms with van der Waals surface area (Å²) in [5.41, 5.74) is 1.27. The van der Waals surface area contributed by atoms with E-state index in [4.69, 9.17) is 4.74 Å². The Balaban J connectivity index is 1.23. The van der Waals surface area contributed by atoms with Crippen LogP contribution >= 0.6 is 0 Å². The number of hydrogen-bond acceptors (Lipinski definition) is 3. The Kier molecular flexibility index (Phi) is 5.86. The Morgan fingerprint density at radius 2 is 2.00 bits per heavy atom. The highest BCUT2D eigenvalue weighted by Crippen LogP contribution is 2.32. The van der Waals surface area contributed by atoms with Crippen LogP contribution in [0.5, 0.6) is 0 Å². The van der Waals surface area contributed by atoms with E-state index in [-0.39, 0.29) is 17.7 Å². The van der Waals surface area contributed by atoms with E-state index in [9.17, 15) is 9.59 Å². The number of amides is 2. The van der Waals surface area contributed by atoms with Crippen LogP contribution in [0.1, 0.15) is 31.2 Å². The quantitative estimate of drug-likeness (QED) is 0.702. The van der Waals surface area contributed by atoms with Crippen LogP contribution in [-0.2, 0) is 20.7 Å². The van der Waals surface area contributed by atoms with Gasteiger partial charge in [-0.3, -0.25) is 9.59 Å². The number of carbonyl (C=O) groups excluding carboxylic acids is 2. The van der Waals surface area contributed by atoms with Crippen molar-refractivity contribution in [1.29, 1.82) is 0 Å². The lowest BCUT2D eigenvalue weighted by atomic mass is 10.1. The number of nitrogens with zero attached hydrogens (tertiary/aromatic N) is 1. The average molecular weight is 330 g/mol. The van der Waals surface area contributed by atoms with Gasteiger partial charge in [-0.15, -0.1) is 0 Å². The second-order valence-corrected chi connectivity index (χ2v) is 6.67. The van der Waals surface area contributed by atoms with Crippen LogP contribution in [0.2, 0.25) is 0 Å². The van der Waals surface area contributed by atoms with E-state index in [1.807, 2.05) is 23.1 Å². The monoisotopic (exact) mass is 330 g/mol. The van der Waals surface area contributed by atoms with E-state index < -0.39 is 0 Å². The summed E-state index contributed by atoms with van der Waals surface area (Å²) < 4.78 is 5.61. The van der Waals surface area contributed by atoms with Crippen molar-refractivity contribution in [2.24, 2.45) is 5.92 Å². The molecule has 0 aromatic heterocycles. The molecular weight excluding hydrogens is 304 g/mol. The lowest BCUT2D eigenvalue weighted by molar-refractivity contribution is -0.129. The van der Waals surface area contributed by atoms with Gasteiger partial charge in [0.15, 0.2) is 0 Å². The van der Waals surface area contributed by atoms with E-state index >= 15 is 0 Å². The lowest BCUT2D eigenvalue weighted by Gasteiger charge is -2.15. The molecule has 1 aliphatic heterocycles. The third-order valence-electron chi connectivity index (χ3n) is 4.66. The summed E-state index contributed by atoms with van der Waals surface area (Å²) in [7, 11) is 0. The predicted octanol–water partition coefficient (Wildman–Crippen LogP) is 1.76. The zero-order valence-corrected chi connectivity index (χ0v) is 14.1. The van der Waals surface area contributed by atoms with Crippen LogP contribution in [0.25, 0.3) is 0 Å². The first-order valence-corrected chi connectivity index (χ1v) is 8.93. The fourth-order valence-corrected chi connectivity index (χ4v) is 3.11. The second-order valence-electron chi connectivity index (χ2n) is 6.67. The molecule has 24 heavy (non-hydrogen) atoms. The first kappa shape index (κ1) is 17.0. The summed E-state index contributed by atoms with van der Waals surface area (Å²) in [5, 5.41) is 2.94. The normalized spacial score (nSPS) is 20.4. The molecule has 1 heterocycles. The number of benzene rings is 1. The van der Waals surface area contributed by atoms with E-state index in [1.165, 1.54) is 5.56 Å². The van der Waals surface area contributed by atoms with Gasteiger partial charge >= 0.3 is 0 Å². The molecule has 1 saturated carbocycles. The molecule has 1 saturated heterocycles. The summed E-state index contributed by atoms with van der Waals surface area (Å²) in [6.07, 6.45) is 4.28. The molecule has 2 aliphatic rings. The van der Waals surface area contributed by atoms with E-state index in [1.54, 1.807) is 0 Å².